The van der Waals surface area contributed by atoms with Crippen LogP contribution in [-0.4, -0.2) is 9.97 Å². The second-order valence-electron chi connectivity index (χ2n) is 3.51. The summed E-state index contributed by atoms with van der Waals surface area (Å²) in [5.41, 5.74) is -2.19. The van der Waals surface area contributed by atoms with Gasteiger partial charge in [0.05, 0.1) is 21.5 Å². The number of H-pyrrole nitrogens is 2. The monoisotopic (exact) mass is 224 g/mol. The van der Waals surface area contributed by atoms with Gasteiger partial charge in [0, 0.05) is 0 Å². The van der Waals surface area contributed by atoms with Crippen LogP contribution in [0.3, 0.4) is 0 Å². The van der Waals surface area contributed by atoms with Gasteiger partial charge in [0.2, 0.25) is 0 Å². The molecule has 0 saturated heterocycles. The number of hydrogen-bond acceptors (Lipinski definition) is 4. The molecular weight excluding hydrogens is 219 g/mol. The van der Waals surface area contributed by atoms with Crippen LogP contribution in [0, 0.1) is 0 Å². The zero-order valence-corrected chi connectivity index (χ0v) is 8.79. The summed E-state index contributed by atoms with van der Waals surface area (Å²) in [6, 6.07) is 2.54. The van der Waals surface area contributed by atoms with E-state index >= 15 is 0 Å². The van der Waals surface area contributed by atoms with Crippen molar-refractivity contribution in [2.24, 2.45) is 0 Å². The van der Waals surface area contributed by atoms with Crippen molar-refractivity contribution < 1.29 is 20.3 Å². The van der Waals surface area contributed by atoms with Crippen molar-refractivity contribution in [2.75, 3.05) is 0 Å². The molecule has 6 nitrogen and oxygen atoms in total. The van der Waals surface area contributed by atoms with Gasteiger partial charge in [0.25, 0.3) is 22.2 Å². The number of aromatic amines is 2. The molecule has 0 radical (unpaired) electrons. The second kappa shape index (κ2) is 3.55. The number of benzene rings is 1. The van der Waals surface area contributed by atoms with E-state index in [0.717, 1.165) is 0 Å². The van der Waals surface area contributed by atoms with E-state index < -0.39 is 22.2 Å². The predicted octanol–water partition coefficient (Wildman–Crippen LogP) is -3.92. The Morgan fingerprint density at radius 1 is 0.647 bits per heavy atom. The molecule has 80 valence electrons. The molecular formula is C10H5LiN2O4. The number of aromatic nitrogens is 2. The Bertz CT molecular complexity index is 786. The van der Waals surface area contributed by atoms with E-state index in [0.29, 0.717) is 0 Å². The molecule has 0 fully saturated rings. The summed E-state index contributed by atoms with van der Waals surface area (Å²) in [5, 5.41) is 0.532. The first-order valence-corrected chi connectivity index (χ1v) is 4.47. The van der Waals surface area contributed by atoms with Crippen LogP contribution >= 0.6 is 0 Å². The standard InChI is InChI=1S/C10H4N2O4.Li.H/c13-7-3-1-4-6(10(16)12-8(4)14)2-5(3)9(15)11-7;;/h1-2H,(H,11,13,15)(H,12,14,16);;/q;+1;-1. The quantitative estimate of drug-likeness (QED) is 0.381. The van der Waals surface area contributed by atoms with Gasteiger partial charge in [-0.3, -0.25) is 29.1 Å². The molecule has 7 heteroatoms. The van der Waals surface area contributed by atoms with Gasteiger partial charge in [-0.25, -0.2) is 0 Å². The van der Waals surface area contributed by atoms with Crippen molar-refractivity contribution in [1.29, 1.82) is 0 Å². The Labute approximate surface area is 106 Å². The van der Waals surface area contributed by atoms with E-state index in [9.17, 15) is 19.2 Å². The van der Waals surface area contributed by atoms with Gasteiger partial charge in [-0.05, 0) is 12.1 Å². The Balaban J connectivity index is 0.000000810. The molecule has 17 heavy (non-hydrogen) atoms. The SMILES string of the molecule is O=c1[nH]c(=O)c2cc3c(=O)[nH]c(=O)c3cc12.[H-].[Li+]. The average molecular weight is 224 g/mol. The third-order valence-electron chi connectivity index (χ3n) is 2.59. The molecule has 0 aliphatic heterocycles. The van der Waals surface area contributed by atoms with Crippen LogP contribution in [0.1, 0.15) is 1.43 Å². The molecule has 1 aromatic carbocycles. The fourth-order valence-corrected chi connectivity index (χ4v) is 1.83. The Morgan fingerprint density at radius 2 is 0.882 bits per heavy atom. The predicted molar refractivity (Wildman–Crippen MR) is 58.7 cm³/mol. The maximum atomic E-state index is 11.3. The molecule has 0 atom stereocenters. The fraction of sp³-hybridized carbons (Fsp3) is 0. The molecule has 0 amide bonds. The average Bonchev–Trinajstić information content (AvgIpc) is 2.67. The van der Waals surface area contributed by atoms with Crippen molar-refractivity contribution in [3.63, 3.8) is 0 Å². The molecule has 3 aromatic rings. The van der Waals surface area contributed by atoms with Gasteiger partial charge in [0.15, 0.2) is 0 Å². The van der Waals surface area contributed by atoms with E-state index in [2.05, 4.69) is 9.97 Å². The van der Waals surface area contributed by atoms with Gasteiger partial charge in [-0.15, -0.1) is 0 Å². The van der Waals surface area contributed by atoms with Gasteiger partial charge in [-0.2, -0.15) is 0 Å². The first-order valence-electron chi connectivity index (χ1n) is 4.47. The summed E-state index contributed by atoms with van der Waals surface area (Å²) in [6.07, 6.45) is 0. The summed E-state index contributed by atoms with van der Waals surface area (Å²) in [4.78, 5) is 49.4. The Kier molecular flexibility index (Phi) is 2.42. The van der Waals surface area contributed by atoms with Crippen LogP contribution in [0.2, 0.25) is 0 Å². The third kappa shape index (κ3) is 1.42. The molecule has 2 heterocycles. The van der Waals surface area contributed by atoms with E-state index in [4.69, 9.17) is 0 Å². The second-order valence-corrected chi connectivity index (χ2v) is 3.51. The van der Waals surface area contributed by atoms with Crippen molar-refractivity contribution in [2.45, 2.75) is 0 Å². The summed E-state index contributed by atoms with van der Waals surface area (Å²) < 4.78 is 0. The zero-order valence-electron chi connectivity index (χ0n) is 9.79. The Hall–Kier alpha value is -1.90. The summed E-state index contributed by atoms with van der Waals surface area (Å²) >= 11 is 0. The van der Waals surface area contributed by atoms with Crippen molar-refractivity contribution in [1.82, 2.24) is 9.97 Å². The van der Waals surface area contributed by atoms with Crippen molar-refractivity contribution in [3.8, 4) is 0 Å². The first kappa shape index (κ1) is 11.6. The maximum Gasteiger partial charge on any atom is 1.00 e. The van der Waals surface area contributed by atoms with Crippen molar-refractivity contribution in [3.05, 3.63) is 53.5 Å². The van der Waals surface area contributed by atoms with E-state index in [1.807, 2.05) is 0 Å². The van der Waals surface area contributed by atoms with Gasteiger partial charge < -0.3 is 1.43 Å². The molecule has 0 spiro atoms. The van der Waals surface area contributed by atoms with Crippen molar-refractivity contribution >= 4 is 21.5 Å². The first-order chi connectivity index (χ1) is 7.58. The zero-order chi connectivity index (χ0) is 11.4. The molecule has 2 aromatic heterocycles. The smallest absolute Gasteiger partial charge is 1.00 e. The maximum absolute atomic E-state index is 11.3. The minimum absolute atomic E-state index is 0. The molecule has 0 aliphatic carbocycles. The summed E-state index contributed by atoms with van der Waals surface area (Å²) in [5.74, 6) is 0. The van der Waals surface area contributed by atoms with E-state index in [1.165, 1.54) is 12.1 Å². The number of rotatable bonds is 0. The number of hydrogen-bond donors (Lipinski definition) is 2. The van der Waals surface area contributed by atoms with E-state index in [-0.39, 0.29) is 41.8 Å². The summed E-state index contributed by atoms with van der Waals surface area (Å²) in [6.45, 7) is 0. The van der Waals surface area contributed by atoms with Gasteiger partial charge >= 0.3 is 18.9 Å². The summed E-state index contributed by atoms with van der Waals surface area (Å²) in [7, 11) is 0. The van der Waals surface area contributed by atoms with Crippen LogP contribution in [0.25, 0.3) is 21.5 Å². The van der Waals surface area contributed by atoms with Gasteiger partial charge in [-0.1, -0.05) is 0 Å². The van der Waals surface area contributed by atoms with E-state index in [1.54, 1.807) is 0 Å². The molecule has 0 bridgehead atoms. The third-order valence-corrected chi connectivity index (χ3v) is 2.59. The molecule has 3 rings (SSSR count). The molecule has 0 unspecified atom stereocenters. The molecule has 0 saturated carbocycles. The number of nitrogens with one attached hydrogen (secondary N) is 2. The van der Waals surface area contributed by atoms with Crippen LogP contribution in [-0.2, 0) is 0 Å². The Morgan fingerprint density at radius 3 is 1.12 bits per heavy atom. The largest absolute Gasteiger partial charge is 1.00 e. The normalized spacial score (nSPS) is 10.8. The minimum atomic E-state index is -0.546. The molecule has 2 N–H and O–H groups in total. The van der Waals surface area contributed by atoms with Crippen LogP contribution in [0.4, 0.5) is 0 Å². The minimum Gasteiger partial charge on any atom is -1.00 e. The van der Waals surface area contributed by atoms with Crippen LogP contribution < -0.4 is 41.1 Å². The van der Waals surface area contributed by atoms with Crippen LogP contribution in [0.15, 0.2) is 31.3 Å². The topological polar surface area (TPSA) is 99.9 Å². The number of fused-ring (bicyclic) bond motifs is 2. The van der Waals surface area contributed by atoms with Gasteiger partial charge in [0.1, 0.15) is 0 Å². The van der Waals surface area contributed by atoms with Crippen LogP contribution in [0.5, 0.6) is 0 Å². The molecule has 0 aliphatic rings. The fourth-order valence-electron chi connectivity index (χ4n) is 1.83.